The van der Waals surface area contributed by atoms with Gasteiger partial charge in [-0.3, -0.25) is 4.79 Å². The summed E-state index contributed by atoms with van der Waals surface area (Å²) in [4.78, 5) is 11.9. The molecule has 0 saturated heterocycles. The van der Waals surface area contributed by atoms with Crippen molar-refractivity contribution in [2.45, 2.75) is 40.0 Å². The summed E-state index contributed by atoms with van der Waals surface area (Å²) in [5.74, 6) is 0.940. The van der Waals surface area contributed by atoms with Crippen molar-refractivity contribution in [3.8, 4) is 0 Å². The van der Waals surface area contributed by atoms with E-state index in [2.05, 4.69) is 29.8 Å². The van der Waals surface area contributed by atoms with Gasteiger partial charge in [0.05, 0.1) is 0 Å². The molecular formula is C14H19BrO. The van der Waals surface area contributed by atoms with Gasteiger partial charge in [0.15, 0.2) is 5.78 Å². The molecule has 0 aliphatic rings. The molecule has 0 heterocycles. The van der Waals surface area contributed by atoms with Crippen molar-refractivity contribution in [1.82, 2.24) is 0 Å². The van der Waals surface area contributed by atoms with Gasteiger partial charge in [-0.2, -0.15) is 0 Å². The van der Waals surface area contributed by atoms with E-state index in [1.165, 1.54) is 0 Å². The number of carbonyl (C=O) groups is 1. The van der Waals surface area contributed by atoms with Gasteiger partial charge in [-0.1, -0.05) is 42.3 Å². The molecule has 0 amide bonds. The molecule has 0 spiro atoms. The van der Waals surface area contributed by atoms with Crippen LogP contribution in [0.25, 0.3) is 0 Å². The molecule has 0 fully saturated rings. The lowest BCUT2D eigenvalue weighted by molar-refractivity contribution is 0.0978. The van der Waals surface area contributed by atoms with Crippen molar-refractivity contribution in [2.75, 3.05) is 0 Å². The molecule has 0 unspecified atom stereocenters. The van der Waals surface area contributed by atoms with Crippen LogP contribution in [0.2, 0.25) is 0 Å². The largest absolute Gasteiger partial charge is 0.294 e. The van der Waals surface area contributed by atoms with Gasteiger partial charge in [-0.25, -0.2) is 0 Å². The quantitative estimate of drug-likeness (QED) is 0.711. The molecule has 0 aromatic heterocycles. The molecule has 2 heteroatoms. The van der Waals surface area contributed by atoms with E-state index >= 15 is 0 Å². The monoisotopic (exact) mass is 282 g/mol. The van der Waals surface area contributed by atoms with Crippen LogP contribution >= 0.6 is 15.9 Å². The zero-order valence-electron chi connectivity index (χ0n) is 10.2. The molecule has 0 saturated carbocycles. The van der Waals surface area contributed by atoms with Gasteiger partial charge in [0.2, 0.25) is 0 Å². The lowest BCUT2D eigenvalue weighted by Crippen LogP contribution is -2.00. The van der Waals surface area contributed by atoms with Crippen LogP contribution in [0.4, 0.5) is 0 Å². The highest BCUT2D eigenvalue weighted by atomic mass is 79.9. The highest BCUT2D eigenvalue weighted by molar-refractivity contribution is 9.10. The lowest BCUT2D eigenvalue weighted by atomic mass is 10.0. The first-order valence-corrected chi connectivity index (χ1v) is 6.59. The van der Waals surface area contributed by atoms with E-state index in [-0.39, 0.29) is 5.78 Å². The Bertz CT molecular complexity index is 369. The highest BCUT2D eigenvalue weighted by Gasteiger charge is 2.07. The van der Waals surface area contributed by atoms with Gasteiger partial charge in [0.25, 0.3) is 0 Å². The maximum atomic E-state index is 11.9. The Kier molecular flexibility index (Phi) is 5.20. The molecule has 0 radical (unpaired) electrons. The summed E-state index contributed by atoms with van der Waals surface area (Å²) >= 11 is 3.44. The second kappa shape index (κ2) is 6.19. The average molecular weight is 283 g/mol. The van der Waals surface area contributed by atoms with Gasteiger partial charge in [-0.15, -0.1) is 0 Å². The van der Waals surface area contributed by atoms with Crippen LogP contribution in [0.3, 0.4) is 0 Å². The van der Waals surface area contributed by atoms with Crippen LogP contribution in [0.15, 0.2) is 22.7 Å². The van der Waals surface area contributed by atoms with E-state index in [1.54, 1.807) is 0 Å². The minimum atomic E-state index is 0.260. The normalized spacial score (nSPS) is 10.8. The number of hydrogen-bond acceptors (Lipinski definition) is 1. The summed E-state index contributed by atoms with van der Waals surface area (Å²) in [5.41, 5.74) is 1.96. The van der Waals surface area contributed by atoms with Crippen molar-refractivity contribution in [2.24, 2.45) is 5.92 Å². The number of rotatable bonds is 5. The van der Waals surface area contributed by atoms with Gasteiger partial charge in [-0.05, 0) is 37.0 Å². The maximum Gasteiger partial charge on any atom is 0.162 e. The summed E-state index contributed by atoms with van der Waals surface area (Å²) in [6, 6.07) is 5.81. The van der Waals surface area contributed by atoms with E-state index < -0.39 is 0 Å². The topological polar surface area (TPSA) is 17.1 Å². The Morgan fingerprint density at radius 3 is 2.62 bits per heavy atom. The van der Waals surface area contributed by atoms with Crippen LogP contribution in [0.1, 0.15) is 49.0 Å². The fourth-order valence-electron chi connectivity index (χ4n) is 1.63. The first-order valence-electron chi connectivity index (χ1n) is 5.80. The number of aryl methyl sites for hydroxylation is 1. The molecule has 0 N–H and O–H groups in total. The van der Waals surface area contributed by atoms with Crippen molar-refractivity contribution < 1.29 is 4.79 Å². The van der Waals surface area contributed by atoms with Crippen LogP contribution in [0, 0.1) is 12.8 Å². The summed E-state index contributed by atoms with van der Waals surface area (Å²) in [6.45, 7) is 6.39. The van der Waals surface area contributed by atoms with Gasteiger partial charge >= 0.3 is 0 Å². The maximum absolute atomic E-state index is 11.9. The highest BCUT2D eigenvalue weighted by Crippen LogP contribution is 2.19. The van der Waals surface area contributed by atoms with Crippen molar-refractivity contribution >= 4 is 21.7 Å². The minimum Gasteiger partial charge on any atom is -0.294 e. The van der Waals surface area contributed by atoms with Gasteiger partial charge in [0.1, 0.15) is 0 Å². The Morgan fingerprint density at radius 1 is 1.38 bits per heavy atom. The molecule has 0 bridgehead atoms. The van der Waals surface area contributed by atoms with Crippen LogP contribution in [-0.2, 0) is 0 Å². The fraction of sp³-hybridized carbons (Fsp3) is 0.500. The van der Waals surface area contributed by atoms with E-state index in [0.717, 1.165) is 28.4 Å². The van der Waals surface area contributed by atoms with E-state index in [4.69, 9.17) is 0 Å². The number of halogens is 1. The van der Waals surface area contributed by atoms with Crippen molar-refractivity contribution in [3.63, 3.8) is 0 Å². The number of Topliss-reactive ketones (excluding diaryl/α,β-unsaturated/α-hetero) is 1. The lowest BCUT2D eigenvalue weighted by Gasteiger charge is -2.05. The SMILES string of the molecule is Cc1cc(C(=O)CCCC(C)C)ccc1Br. The number of ketones is 1. The molecule has 0 atom stereocenters. The molecule has 1 rings (SSSR count). The summed E-state index contributed by atoms with van der Waals surface area (Å²) in [5, 5.41) is 0. The van der Waals surface area contributed by atoms with E-state index in [9.17, 15) is 4.79 Å². The van der Waals surface area contributed by atoms with E-state index in [0.29, 0.717) is 12.3 Å². The Morgan fingerprint density at radius 2 is 2.06 bits per heavy atom. The third-order valence-corrected chi connectivity index (χ3v) is 3.55. The Balaban J connectivity index is 2.56. The van der Waals surface area contributed by atoms with Crippen LogP contribution in [-0.4, -0.2) is 5.78 Å². The standard InChI is InChI=1S/C14H19BrO/c1-10(2)5-4-6-14(16)12-7-8-13(15)11(3)9-12/h7-10H,4-6H2,1-3H3. The van der Waals surface area contributed by atoms with Crippen molar-refractivity contribution in [3.05, 3.63) is 33.8 Å². The second-order valence-corrected chi connectivity index (χ2v) is 5.53. The van der Waals surface area contributed by atoms with Crippen LogP contribution < -0.4 is 0 Å². The van der Waals surface area contributed by atoms with E-state index in [1.807, 2.05) is 25.1 Å². The second-order valence-electron chi connectivity index (χ2n) is 4.67. The van der Waals surface area contributed by atoms with Gasteiger partial charge < -0.3 is 0 Å². The first kappa shape index (κ1) is 13.4. The molecular weight excluding hydrogens is 264 g/mol. The number of hydrogen-bond donors (Lipinski definition) is 0. The van der Waals surface area contributed by atoms with Crippen LogP contribution in [0.5, 0.6) is 0 Å². The Labute approximate surface area is 106 Å². The predicted octanol–water partition coefficient (Wildman–Crippen LogP) is 4.77. The predicted molar refractivity (Wildman–Crippen MR) is 71.9 cm³/mol. The number of benzene rings is 1. The first-order chi connectivity index (χ1) is 7.50. The molecule has 88 valence electrons. The molecule has 16 heavy (non-hydrogen) atoms. The molecule has 0 aliphatic carbocycles. The summed E-state index contributed by atoms with van der Waals surface area (Å²) in [6.07, 6.45) is 2.78. The molecule has 1 aromatic rings. The summed E-state index contributed by atoms with van der Waals surface area (Å²) in [7, 11) is 0. The zero-order chi connectivity index (χ0) is 12.1. The number of carbonyl (C=O) groups excluding carboxylic acids is 1. The Hall–Kier alpha value is -0.630. The van der Waals surface area contributed by atoms with Gasteiger partial charge in [0, 0.05) is 16.5 Å². The smallest absolute Gasteiger partial charge is 0.162 e. The molecule has 0 aliphatic heterocycles. The minimum absolute atomic E-state index is 0.260. The molecule has 1 aromatic carbocycles. The third-order valence-electron chi connectivity index (χ3n) is 2.67. The fourth-order valence-corrected chi connectivity index (χ4v) is 1.88. The third kappa shape index (κ3) is 4.09. The zero-order valence-corrected chi connectivity index (χ0v) is 11.8. The molecule has 1 nitrogen and oxygen atoms in total. The van der Waals surface area contributed by atoms with Crippen molar-refractivity contribution in [1.29, 1.82) is 0 Å². The average Bonchev–Trinajstić information content (AvgIpc) is 2.21. The summed E-state index contributed by atoms with van der Waals surface area (Å²) < 4.78 is 1.06.